The smallest absolute Gasteiger partial charge is 0.306 e. The Morgan fingerprint density at radius 2 is 2.04 bits per heavy atom. The van der Waals surface area contributed by atoms with E-state index in [2.05, 4.69) is 12.7 Å². The number of carbonyl (C=O) groups excluding carboxylic acids is 1. The van der Waals surface area contributed by atoms with E-state index in [1.807, 2.05) is 31.3 Å². The van der Waals surface area contributed by atoms with Crippen molar-refractivity contribution < 1.29 is 14.4 Å². The lowest BCUT2D eigenvalue weighted by atomic mass is 10.2. The van der Waals surface area contributed by atoms with Gasteiger partial charge in [-0.15, -0.1) is 0 Å². The molecule has 0 radical (unpaired) electrons. The van der Waals surface area contributed by atoms with E-state index in [0.717, 1.165) is 5.56 Å². The van der Waals surface area contributed by atoms with E-state index in [1.165, 1.54) is 5.57 Å². The average molecular weight is 348 g/mol. The van der Waals surface area contributed by atoms with Crippen molar-refractivity contribution >= 4 is 17.6 Å². The van der Waals surface area contributed by atoms with Gasteiger partial charge in [0.15, 0.2) is 0 Å². The van der Waals surface area contributed by atoms with Crippen molar-refractivity contribution in [2.24, 2.45) is 0 Å². The van der Waals surface area contributed by atoms with Crippen LogP contribution in [0.25, 0.3) is 0 Å². The molecule has 0 fully saturated rings. The Kier molecular flexibility index (Phi) is 6.94. The van der Waals surface area contributed by atoms with Crippen LogP contribution in [0.4, 0.5) is 0 Å². The fourth-order valence-corrected chi connectivity index (χ4v) is 2.22. The molecule has 0 spiro atoms. The van der Waals surface area contributed by atoms with Crippen LogP contribution in [-0.2, 0) is 21.0 Å². The second-order valence-electron chi connectivity index (χ2n) is 5.63. The first-order chi connectivity index (χ1) is 11.5. The molecule has 0 bridgehead atoms. The maximum atomic E-state index is 11.7. The van der Waals surface area contributed by atoms with Crippen molar-refractivity contribution in [1.82, 2.24) is 5.06 Å². The van der Waals surface area contributed by atoms with E-state index < -0.39 is 0 Å². The molecule has 1 aliphatic heterocycles. The van der Waals surface area contributed by atoms with Crippen LogP contribution in [0.1, 0.15) is 31.7 Å². The molecular weight excluding hydrogens is 326 g/mol. The van der Waals surface area contributed by atoms with Crippen molar-refractivity contribution in [3.05, 3.63) is 71.1 Å². The molecule has 4 nitrogen and oxygen atoms in total. The summed E-state index contributed by atoms with van der Waals surface area (Å²) in [5.41, 5.74) is 2.13. The van der Waals surface area contributed by atoms with Crippen LogP contribution in [0.3, 0.4) is 0 Å². The predicted molar refractivity (Wildman–Crippen MR) is 94.9 cm³/mol. The number of halogens is 1. The molecule has 0 atom stereocenters. The van der Waals surface area contributed by atoms with Crippen LogP contribution in [0.5, 0.6) is 0 Å². The number of hydroxylamine groups is 2. The van der Waals surface area contributed by atoms with Crippen molar-refractivity contribution in [2.75, 3.05) is 6.54 Å². The summed E-state index contributed by atoms with van der Waals surface area (Å²) in [6.45, 7) is 6.88. The number of carbonyl (C=O) groups is 1. The van der Waals surface area contributed by atoms with Crippen LogP contribution in [0, 0.1) is 0 Å². The van der Waals surface area contributed by atoms with Crippen molar-refractivity contribution in [3.8, 4) is 0 Å². The SMILES string of the molecule is C=C(CCCC(=O)OCc1ccc(Cl)cc1)ON1C=CC(C)=CC1. The Labute approximate surface area is 148 Å². The van der Waals surface area contributed by atoms with Gasteiger partial charge in [0.2, 0.25) is 0 Å². The summed E-state index contributed by atoms with van der Waals surface area (Å²) in [4.78, 5) is 17.3. The molecule has 128 valence electrons. The monoisotopic (exact) mass is 347 g/mol. The number of allylic oxidation sites excluding steroid dienone is 3. The van der Waals surface area contributed by atoms with Gasteiger partial charge in [0.25, 0.3) is 0 Å². The highest BCUT2D eigenvalue weighted by Crippen LogP contribution is 2.14. The van der Waals surface area contributed by atoms with Crippen molar-refractivity contribution in [2.45, 2.75) is 32.8 Å². The zero-order chi connectivity index (χ0) is 17.4. The average Bonchev–Trinajstić information content (AvgIpc) is 2.56. The van der Waals surface area contributed by atoms with Gasteiger partial charge >= 0.3 is 5.97 Å². The van der Waals surface area contributed by atoms with Gasteiger partial charge in [-0.1, -0.05) is 42.0 Å². The number of benzene rings is 1. The summed E-state index contributed by atoms with van der Waals surface area (Å²) < 4.78 is 5.23. The standard InChI is InChI=1S/C19H22ClNO3/c1-15-10-12-21(13-11-15)24-16(2)4-3-5-19(22)23-14-17-6-8-18(20)9-7-17/h6-12H,2-5,13-14H2,1H3. The van der Waals surface area contributed by atoms with Crippen LogP contribution in [-0.4, -0.2) is 17.6 Å². The number of hydrogen-bond acceptors (Lipinski definition) is 4. The topological polar surface area (TPSA) is 38.8 Å². The molecule has 24 heavy (non-hydrogen) atoms. The fourth-order valence-electron chi connectivity index (χ4n) is 2.09. The molecule has 1 aromatic carbocycles. The largest absolute Gasteiger partial charge is 0.461 e. The third kappa shape index (κ3) is 6.50. The predicted octanol–water partition coefficient (Wildman–Crippen LogP) is 4.77. The lowest BCUT2D eigenvalue weighted by molar-refractivity contribution is -0.145. The highest BCUT2D eigenvalue weighted by molar-refractivity contribution is 6.30. The summed E-state index contributed by atoms with van der Waals surface area (Å²) in [5, 5.41) is 2.38. The molecule has 0 amide bonds. The zero-order valence-corrected chi connectivity index (χ0v) is 14.6. The molecule has 1 aromatic rings. The van der Waals surface area contributed by atoms with Crippen LogP contribution in [0.2, 0.25) is 5.02 Å². The third-order valence-corrected chi connectivity index (χ3v) is 3.74. The Morgan fingerprint density at radius 3 is 2.71 bits per heavy atom. The van der Waals surface area contributed by atoms with E-state index in [1.54, 1.807) is 17.2 Å². The maximum absolute atomic E-state index is 11.7. The molecule has 1 aliphatic rings. The van der Waals surface area contributed by atoms with Gasteiger partial charge in [-0.05, 0) is 37.1 Å². The summed E-state index contributed by atoms with van der Waals surface area (Å²) in [6, 6.07) is 7.23. The summed E-state index contributed by atoms with van der Waals surface area (Å²) in [6.07, 6.45) is 7.52. The number of ether oxygens (including phenoxy) is 1. The van der Waals surface area contributed by atoms with E-state index in [-0.39, 0.29) is 12.6 Å². The third-order valence-electron chi connectivity index (χ3n) is 3.49. The lowest BCUT2D eigenvalue weighted by Gasteiger charge is -2.22. The Hall–Kier alpha value is -2.20. The second kappa shape index (κ2) is 9.18. The van der Waals surface area contributed by atoms with E-state index in [4.69, 9.17) is 21.2 Å². The molecule has 0 aliphatic carbocycles. The highest BCUT2D eigenvalue weighted by atomic mass is 35.5. The number of rotatable bonds is 8. The normalized spacial score (nSPS) is 13.4. The Balaban J connectivity index is 1.59. The van der Waals surface area contributed by atoms with Crippen LogP contribution >= 0.6 is 11.6 Å². The first-order valence-electron chi connectivity index (χ1n) is 7.90. The van der Waals surface area contributed by atoms with Gasteiger partial charge < -0.3 is 9.57 Å². The summed E-state index contributed by atoms with van der Waals surface area (Å²) in [7, 11) is 0. The maximum Gasteiger partial charge on any atom is 0.306 e. The lowest BCUT2D eigenvalue weighted by Crippen LogP contribution is -2.19. The van der Waals surface area contributed by atoms with E-state index in [9.17, 15) is 4.79 Å². The zero-order valence-electron chi connectivity index (χ0n) is 13.8. The van der Waals surface area contributed by atoms with Crippen LogP contribution in [0.15, 0.2) is 60.5 Å². The first kappa shape index (κ1) is 18.1. The number of hydrogen-bond donors (Lipinski definition) is 0. The molecule has 1 heterocycles. The highest BCUT2D eigenvalue weighted by Gasteiger charge is 2.08. The minimum absolute atomic E-state index is 0.228. The summed E-state index contributed by atoms with van der Waals surface area (Å²) in [5.74, 6) is 0.410. The molecule has 5 heteroatoms. The number of esters is 1. The molecule has 0 saturated heterocycles. The van der Waals surface area contributed by atoms with E-state index >= 15 is 0 Å². The van der Waals surface area contributed by atoms with Gasteiger partial charge in [0.05, 0.1) is 6.54 Å². The number of nitrogens with zero attached hydrogens (tertiary/aromatic N) is 1. The molecule has 0 unspecified atom stereocenters. The molecule has 2 rings (SSSR count). The molecule has 0 aromatic heterocycles. The van der Waals surface area contributed by atoms with Gasteiger partial charge in [-0.2, -0.15) is 0 Å². The quantitative estimate of drug-likeness (QED) is 0.501. The summed E-state index contributed by atoms with van der Waals surface area (Å²) >= 11 is 5.81. The Morgan fingerprint density at radius 1 is 1.29 bits per heavy atom. The molecule has 0 N–H and O–H groups in total. The minimum Gasteiger partial charge on any atom is -0.461 e. The first-order valence-corrected chi connectivity index (χ1v) is 8.28. The minimum atomic E-state index is -0.228. The van der Waals surface area contributed by atoms with Crippen LogP contribution < -0.4 is 0 Å². The van der Waals surface area contributed by atoms with Gasteiger partial charge in [0.1, 0.15) is 12.4 Å². The molecular formula is C19H22ClNO3. The van der Waals surface area contributed by atoms with Crippen molar-refractivity contribution in [3.63, 3.8) is 0 Å². The Bertz CT molecular complexity index is 635. The van der Waals surface area contributed by atoms with E-state index in [0.29, 0.717) is 36.6 Å². The van der Waals surface area contributed by atoms with Gasteiger partial charge in [-0.3, -0.25) is 4.79 Å². The van der Waals surface area contributed by atoms with Crippen molar-refractivity contribution in [1.29, 1.82) is 0 Å². The molecule has 0 saturated carbocycles. The van der Waals surface area contributed by atoms with Gasteiger partial charge in [0, 0.05) is 24.1 Å². The fraction of sp³-hybridized carbons (Fsp3) is 0.316. The second-order valence-corrected chi connectivity index (χ2v) is 6.07. The van der Waals surface area contributed by atoms with Gasteiger partial charge in [-0.25, -0.2) is 5.06 Å².